The van der Waals surface area contributed by atoms with Gasteiger partial charge in [0, 0.05) is 29.1 Å². The molecular weight excluding hydrogens is 344 g/mol. The van der Waals surface area contributed by atoms with Crippen molar-refractivity contribution in [2.75, 3.05) is 14.2 Å². The number of rotatable bonds is 5. The molecule has 6 nitrogen and oxygen atoms in total. The van der Waals surface area contributed by atoms with E-state index in [9.17, 15) is 9.59 Å². The minimum Gasteiger partial charge on any atom is -0.493 e. The van der Waals surface area contributed by atoms with Gasteiger partial charge in [-0.2, -0.15) is 0 Å². The quantitative estimate of drug-likeness (QED) is 0.727. The molecule has 0 fully saturated rings. The number of benzene rings is 2. The van der Waals surface area contributed by atoms with Crippen LogP contribution in [0.4, 0.5) is 0 Å². The molecule has 0 saturated heterocycles. The lowest BCUT2D eigenvalue weighted by atomic mass is 10.1. The number of methoxy groups -OCH3 is 2. The Hall–Kier alpha value is -3.28. The van der Waals surface area contributed by atoms with Crippen LogP contribution in [-0.2, 0) is 6.54 Å². The Labute approximate surface area is 157 Å². The van der Waals surface area contributed by atoms with Crippen LogP contribution in [0.5, 0.6) is 11.5 Å². The summed E-state index contributed by atoms with van der Waals surface area (Å²) in [4.78, 5) is 27.6. The number of carbonyl (C=O) groups excluding carboxylic acids is 1. The highest BCUT2D eigenvalue weighted by Gasteiger charge is 2.11. The summed E-state index contributed by atoms with van der Waals surface area (Å²) in [5.74, 6) is 0.892. The number of aromatic amines is 1. The fourth-order valence-electron chi connectivity index (χ4n) is 2.87. The molecule has 1 amide bonds. The van der Waals surface area contributed by atoms with Gasteiger partial charge in [-0.25, -0.2) is 0 Å². The monoisotopic (exact) mass is 366 g/mol. The van der Waals surface area contributed by atoms with Gasteiger partial charge in [0.25, 0.3) is 11.5 Å². The number of hydrogen-bond acceptors (Lipinski definition) is 4. The summed E-state index contributed by atoms with van der Waals surface area (Å²) in [6, 6.07) is 10.8. The summed E-state index contributed by atoms with van der Waals surface area (Å²) in [5, 5.41) is 3.60. The highest BCUT2D eigenvalue weighted by atomic mass is 16.5. The molecule has 0 radical (unpaired) electrons. The summed E-state index contributed by atoms with van der Waals surface area (Å²) in [7, 11) is 3.10. The summed E-state index contributed by atoms with van der Waals surface area (Å²) in [5.41, 5.74) is 3.60. The molecule has 3 aromatic rings. The number of hydrogen-bond donors (Lipinski definition) is 2. The van der Waals surface area contributed by atoms with Gasteiger partial charge in [-0.3, -0.25) is 9.59 Å². The van der Waals surface area contributed by atoms with Crippen molar-refractivity contribution in [2.24, 2.45) is 0 Å². The van der Waals surface area contributed by atoms with Gasteiger partial charge in [-0.1, -0.05) is 6.07 Å². The van der Waals surface area contributed by atoms with Gasteiger partial charge in [0.2, 0.25) is 0 Å². The van der Waals surface area contributed by atoms with Crippen LogP contribution >= 0.6 is 0 Å². The highest BCUT2D eigenvalue weighted by Crippen LogP contribution is 2.31. The lowest BCUT2D eigenvalue weighted by molar-refractivity contribution is 0.0950. The van der Waals surface area contributed by atoms with E-state index in [1.165, 1.54) is 0 Å². The predicted octanol–water partition coefficient (Wildman–Crippen LogP) is 3.09. The van der Waals surface area contributed by atoms with E-state index in [4.69, 9.17) is 9.47 Å². The molecule has 0 unspecified atom stereocenters. The van der Waals surface area contributed by atoms with Gasteiger partial charge in [0.05, 0.1) is 19.7 Å². The Morgan fingerprint density at radius 3 is 2.37 bits per heavy atom. The van der Waals surface area contributed by atoms with E-state index < -0.39 is 0 Å². The summed E-state index contributed by atoms with van der Waals surface area (Å²) in [6.07, 6.45) is 0. The van der Waals surface area contributed by atoms with Gasteiger partial charge in [-0.05, 0) is 49.2 Å². The lowest BCUT2D eigenvalue weighted by Crippen LogP contribution is -2.26. The lowest BCUT2D eigenvalue weighted by Gasteiger charge is -2.11. The Morgan fingerprint density at radius 2 is 1.70 bits per heavy atom. The molecule has 2 N–H and O–H groups in total. The number of H-pyrrole nitrogens is 1. The maximum Gasteiger partial charge on any atom is 0.253 e. The fourth-order valence-corrected chi connectivity index (χ4v) is 2.87. The number of pyridine rings is 1. The first-order valence-electron chi connectivity index (χ1n) is 8.56. The van der Waals surface area contributed by atoms with Crippen LogP contribution in [0, 0.1) is 13.8 Å². The maximum absolute atomic E-state index is 12.4. The van der Waals surface area contributed by atoms with Crippen LogP contribution in [0.25, 0.3) is 10.9 Å². The predicted molar refractivity (Wildman–Crippen MR) is 105 cm³/mol. The molecule has 27 heavy (non-hydrogen) atoms. The maximum atomic E-state index is 12.4. The van der Waals surface area contributed by atoms with E-state index in [1.807, 2.05) is 26.0 Å². The molecule has 0 aliphatic heterocycles. The number of aryl methyl sites for hydroxylation is 2. The third-order valence-corrected chi connectivity index (χ3v) is 4.63. The number of amides is 1. The van der Waals surface area contributed by atoms with Crippen molar-refractivity contribution in [3.05, 3.63) is 69.0 Å². The van der Waals surface area contributed by atoms with Crippen LogP contribution in [0.3, 0.4) is 0 Å². The van der Waals surface area contributed by atoms with E-state index in [0.29, 0.717) is 28.1 Å². The molecule has 0 aliphatic carbocycles. The fraction of sp³-hybridized carbons (Fsp3) is 0.238. The summed E-state index contributed by atoms with van der Waals surface area (Å²) < 4.78 is 10.6. The Morgan fingerprint density at radius 1 is 1.00 bits per heavy atom. The zero-order chi connectivity index (χ0) is 19.6. The summed E-state index contributed by atoms with van der Waals surface area (Å²) >= 11 is 0. The molecule has 0 bridgehead atoms. The molecule has 0 saturated carbocycles. The van der Waals surface area contributed by atoms with Crippen molar-refractivity contribution in [1.29, 1.82) is 0 Å². The van der Waals surface area contributed by atoms with E-state index >= 15 is 0 Å². The Balaban J connectivity index is 1.86. The van der Waals surface area contributed by atoms with Crippen LogP contribution in [0.15, 0.2) is 41.2 Å². The van der Waals surface area contributed by atoms with Gasteiger partial charge >= 0.3 is 0 Å². The van der Waals surface area contributed by atoms with Crippen molar-refractivity contribution in [1.82, 2.24) is 10.3 Å². The minimum absolute atomic E-state index is 0.130. The van der Waals surface area contributed by atoms with Crippen molar-refractivity contribution in [3.63, 3.8) is 0 Å². The Bertz CT molecular complexity index is 1070. The molecule has 0 aliphatic rings. The zero-order valence-electron chi connectivity index (χ0n) is 15.8. The number of aromatic nitrogens is 1. The van der Waals surface area contributed by atoms with Gasteiger partial charge in [0.15, 0.2) is 11.5 Å². The van der Waals surface area contributed by atoms with Crippen molar-refractivity contribution < 1.29 is 14.3 Å². The van der Waals surface area contributed by atoms with Crippen molar-refractivity contribution >= 4 is 16.8 Å². The first-order valence-corrected chi connectivity index (χ1v) is 8.56. The molecule has 6 heteroatoms. The first kappa shape index (κ1) is 18.5. The van der Waals surface area contributed by atoms with Crippen LogP contribution in [0.2, 0.25) is 0 Å². The third kappa shape index (κ3) is 3.79. The molecule has 140 valence electrons. The van der Waals surface area contributed by atoms with E-state index in [2.05, 4.69) is 10.3 Å². The van der Waals surface area contributed by atoms with E-state index in [1.54, 1.807) is 38.5 Å². The molecule has 0 spiro atoms. The van der Waals surface area contributed by atoms with Crippen LogP contribution in [0.1, 0.15) is 27.0 Å². The van der Waals surface area contributed by atoms with Gasteiger partial charge < -0.3 is 19.8 Å². The smallest absolute Gasteiger partial charge is 0.253 e. The van der Waals surface area contributed by atoms with Crippen molar-refractivity contribution in [3.8, 4) is 11.5 Å². The first-order chi connectivity index (χ1) is 12.9. The minimum atomic E-state index is -0.255. The van der Waals surface area contributed by atoms with Crippen LogP contribution < -0.4 is 20.3 Å². The topological polar surface area (TPSA) is 80.4 Å². The normalized spacial score (nSPS) is 10.7. The second kappa shape index (κ2) is 7.53. The van der Waals surface area contributed by atoms with E-state index in [-0.39, 0.29) is 18.0 Å². The van der Waals surface area contributed by atoms with Gasteiger partial charge in [-0.15, -0.1) is 0 Å². The number of fused-ring (bicyclic) bond motifs is 1. The third-order valence-electron chi connectivity index (χ3n) is 4.63. The molecule has 0 atom stereocenters. The zero-order valence-corrected chi connectivity index (χ0v) is 15.8. The largest absolute Gasteiger partial charge is 0.493 e. The second-order valence-corrected chi connectivity index (χ2v) is 6.40. The highest BCUT2D eigenvalue weighted by molar-refractivity contribution is 5.94. The number of ether oxygens (including phenoxy) is 2. The molecule has 1 aromatic heterocycles. The average molecular weight is 366 g/mol. The molecular formula is C21H22N2O4. The SMILES string of the molecule is COc1cc2cc(CNC(=O)c3ccc(C)c(C)c3)c(=O)[nH]c2cc1OC. The Kier molecular flexibility index (Phi) is 5.16. The van der Waals surface area contributed by atoms with Crippen LogP contribution in [-0.4, -0.2) is 25.1 Å². The summed E-state index contributed by atoms with van der Waals surface area (Å²) in [6.45, 7) is 4.09. The molecule has 3 rings (SSSR count). The van der Waals surface area contributed by atoms with Gasteiger partial charge in [0.1, 0.15) is 0 Å². The average Bonchev–Trinajstić information content (AvgIpc) is 2.67. The van der Waals surface area contributed by atoms with E-state index in [0.717, 1.165) is 16.5 Å². The molecule has 1 heterocycles. The second-order valence-electron chi connectivity index (χ2n) is 6.40. The number of carbonyl (C=O) groups is 1. The number of nitrogens with one attached hydrogen (secondary N) is 2. The molecule has 2 aromatic carbocycles. The van der Waals surface area contributed by atoms with Crippen molar-refractivity contribution in [2.45, 2.75) is 20.4 Å². The standard InChI is InChI=1S/C21H22N2O4/c1-12-5-6-14(7-13(12)2)20(24)22-11-16-8-15-9-18(26-3)19(27-4)10-17(15)23-21(16)25/h5-10H,11H2,1-4H3,(H,22,24)(H,23,25).